The van der Waals surface area contributed by atoms with E-state index in [9.17, 15) is 0 Å². The standard InChI is InChI=1S/C19H23N/c1-3-15-7-5-9-18(11-15)20-19-12-17(13-19)16-8-4-6-14(2)10-16/h4-11,17,19-20H,3,12-13H2,1-2H3. The molecule has 0 heterocycles. The van der Waals surface area contributed by atoms with Crippen LogP contribution in [0.15, 0.2) is 48.5 Å². The molecule has 0 spiro atoms. The first-order valence-corrected chi connectivity index (χ1v) is 7.66. The topological polar surface area (TPSA) is 12.0 Å². The van der Waals surface area contributed by atoms with Crippen LogP contribution in [0.4, 0.5) is 5.69 Å². The first-order valence-electron chi connectivity index (χ1n) is 7.66. The van der Waals surface area contributed by atoms with Gasteiger partial charge >= 0.3 is 0 Å². The summed E-state index contributed by atoms with van der Waals surface area (Å²) in [7, 11) is 0. The number of nitrogens with one attached hydrogen (secondary N) is 1. The van der Waals surface area contributed by atoms with Crippen molar-refractivity contribution in [3.63, 3.8) is 0 Å². The average Bonchev–Trinajstić information content (AvgIpc) is 2.42. The summed E-state index contributed by atoms with van der Waals surface area (Å²) >= 11 is 0. The lowest BCUT2D eigenvalue weighted by molar-refractivity contribution is 0.374. The van der Waals surface area contributed by atoms with Gasteiger partial charge in [0, 0.05) is 11.7 Å². The molecule has 1 saturated carbocycles. The monoisotopic (exact) mass is 265 g/mol. The molecule has 1 aliphatic carbocycles. The first-order chi connectivity index (χ1) is 9.74. The van der Waals surface area contributed by atoms with E-state index in [0.29, 0.717) is 6.04 Å². The molecule has 3 rings (SSSR count). The molecular formula is C19H23N. The van der Waals surface area contributed by atoms with Gasteiger partial charge in [-0.2, -0.15) is 0 Å². The Bertz CT molecular complexity index is 582. The molecule has 1 heteroatoms. The highest BCUT2D eigenvalue weighted by molar-refractivity contribution is 5.47. The van der Waals surface area contributed by atoms with Crippen molar-refractivity contribution in [3.8, 4) is 0 Å². The van der Waals surface area contributed by atoms with E-state index < -0.39 is 0 Å². The minimum Gasteiger partial charge on any atom is -0.382 e. The average molecular weight is 265 g/mol. The van der Waals surface area contributed by atoms with Gasteiger partial charge in [0.15, 0.2) is 0 Å². The van der Waals surface area contributed by atoms with E-state index in [1.165, 1.54) is 35.2 Å². The largest absolute Gasteiger partial charge is 0.382 e. The number of hydrogen-bond donors (Lipinski definition) is 1. The van der Waals surface area contributed by atoms with Crippen molar-refractivity contribution >= 4 is 5.69 Å². The fraction of sp³-hybridized carbons (Fsp3) is 0.368. The molecule has 2 aromatic carbocycles. The van der Waals surface area contributed by atoms with Gasteiger partial charge in [0.2, 0.25) is 0 Å². The molecule has 1 N–H and O–H groups in total. The Morgan fingerprint density at radius 2 is 1.85 bits per heavy atom. The lowest BCUT2D eigenvalue weighted by Crippen LogP contribution is -2.34. The Hall–Kier alpha value is -1.76. The minimum atomic E-state index is 0.632. The van der Waals surface area contributed by atoms with Crippen molar-refractivity contribution < 1.29 is 0 Å². The van der Waals surface area contributed by atoms with Crippen molar-refractivity contribution in [1.29, 1.82) is 0 Å². The van der Waals surface area contributed by atoms with E-state index in [-0.39, 0.29) is 0 Å². The molecular weight excluding hydrogens is 242 g/mol. The molecule has 1 nitrogen and oxygen atoms in total. The molecule has 20 heavy (non-hydrogen) atoms. The van der Waals surface area contributed by atoms with Crippen molar-refractivity contribution in [2.45, 2.75) is 45.1 Å². The number of aryl methyl sites for hydroxylation is 2. The van der Waals surface area contributed by atoms with Gasteiger partial charge < -0.3 is 5.32 Å². The predicted octanol–water partition coefficient (Wildman–Crippen LogP) is 4.92. The van der Waals surface area contributed by atoms with Crippen LogP contribution >= 0.6 is 0 Å². The van der Waals surface area contributed by atoms with Crippen molar-refractivity contribution in [2.75, 3.05) is 5.32 Å². The molecule has 0 bridgehead atoms. The van der Waals surface area contributed by atoms with E-state index in [1.807, 2.05) is 0 Å². The van der Waals surface area contributed by atoms with Gasteiger partial charge in [-0.25, -0.2) is 0 Å². The summed E-state index contributed by atoms with van der Waals surface area (Å²) in [6, 6.07) is 18.4. The molecule has 0 amide bonds. The second-order valence-electron chi connectivity index (χ2n) is 5.98. The molecule has 1 fully saturated rings. The lowest BCUT2D eigenvalue weighted by atomic mass is 9.75. The fourth-order valence-electron chi connectivity index (χ4n) is 3.05. The smallest absolute Gasteiger partial charge is 0.0345 e. The SMILES string of the molecule is CCc1cccc(NC2CC(c3cccc(C)c3)C2)c1. The summed E-state index contributed by atoms with van der Waals surface area (Å²) in [5.74, 6) is 0.738. The van der Waals surface area contributed by atoms with Crippen LogP contribution in [0.2, 0.25) is 0 Å². The summed E-state index contributed by atoms with van der Waals surface area (Å²) in [6.07, 6.45) is 3.60. The Balaban J connectivity index is 1.58. The number of hydrogen-bond acceptors (Lipinski definition) is 1. The fourth-order valence-corrected chi connectivity index (χ4v) is 3.05. The van der Waals surface area contributed by atoms with E-state index >= 15 is 0 Å². The van der Waals surface area contributed by atoms with Gasteiger partial charge in [-0.1, -0.05) is 48.9 Å². The first kappa shape index (κ1) is 13.2. The zero-order valence-corrected chi connectivity index (χ0v) is 12.4. The Morgan fingerprint density at radius 1 is 1.05 bits per heavy atom. The van der Waals surface area contributed by atoms with Crippen LogP contribution in [0.25, 0.3) is 0 Å². The molecule has 0 aromatic heterocycles. The second-order valence-corrected chi connectivity index (χ2v) is 5.98. The van der Waals surface area contributed by atoms with Crippen LogP contribution in [-0.2, 0) is 6.42 Å². The maximum atomic E-state index is 3.67. The molecule has 0 radical (unpaired) electrons. The summed E-state index contributed by atoms with van der Waals surface area (Å²) in [4.78, 5) is 0. The van der Waals surface area contributed by atoms with Crippen LogP contribution < -0.4 is 5.32 Å². The van der Waals surface area contributed by atoms with E-state index in [4.69, 9.17) is 0 Å². The molecule has 0 saturated heterocycles. The van der Waals surface area contributed by atoms with Gasteiger partial charge in [0.1, 0.15) is 0 Å². The summed E-state index contributed by atoms with van der Waals surface area (Å²) in [6.45, 7) is 4.38. The lowest BCUT2D eigenvalue weighted by Gasteiger charge is -2.37. The zero-order valence-electron chi connectivity index (χ0n) is 12.4. The number of anilines is 1. The van der Waals surface area contributed by atoms with E-state index in [0.717, 1.165) is 12.3 Å². The third-order valence-corrected chi connectivity index (χ3v) is 4.36. The third-order valence-electron chi connectivity index (χ3n) is 4.36. The molecule has 0 unspecified atom stereocenters. The number of benzene rings is 2. The van der Waals surface area contributed by atoms with Crippen molar-refractivity contribution in [1.82, 2.24) is 0 Å². The van der Waals surface area contributed by atoms with Crippen LogP contribution in [0.1, 0.15) is 42.4 Å². The summed E-state index contributed by atoms with van der Waals surface area (Å²) in [5, 5.41) is 3.67. The van der Waals surface area contributed by atoms with Gasteiger partial charge in [0.05, 0.1) is 0 Å². The Kier molecular flexibility index (Phi) is 3.77. The van der Waals surface area contributed by atoms with Crippen LogP contribution in [-0.4, -0.2) is 6.04 Å². The van der Waals surface area contributed by atoms with Gasteiger partial charge in [-0.05, 0) is 55.4 Å². The van der Waals surface area contributed by atoms with E-state index in [2.05, 4.69) is 67.7 Å². The molecule has 1 aliphatic rings. The summed E-state index contributed by atoms with van der Waals surface area (Å²) in [5.41, 5.74) is 5.56. The highest BCUT2D eigenvalue weighted by atomic mass is 14.9. The highest BCUT2D eigenvalue weighted by Gasteiger charge is 2.30. The van der Waals surface area contributed by atoms with E-state index in [1.54, 1.807) is 0 Å². The molecule has 104 valence electrons. The number of rotatable bonds is 4. The molecule has 2 aromatic rings. The zero-order chi connectivity index (χ0) is 13.9. The summed E-state index contributed by atoms with van der Waals surface area (Å²) < 4.78 is 0. The quantitative estimate of drug-likeness (QED) is 0.827. The Morgan fingerprint density at radius 3 is 2.60 bits per heavy atom. The van der Waals surface area contributed by atoms with Crippen molar-refractivity contribution in [2.24, 2.45) is 0 Å². The highest BCUT2D eigenvalue weighted by Crippen LogP contribution is 2.38. The maximum absolute atomic E-state index is 3.67. The molecule has 0 atom stereocenters. The Labute approximate surface area is 122 Å². The van der Waals surface area contributed by atoms with Crippen LogP contribution in [0, 0.1) is 6.92 Å². The van der Waals surface area contributed by atoms with Gasteiger partial charge in [0.25, 0.3) is 0 Å². The maximum Gasteiger partial charge on any atom is 0.0345 e. The van der Waals surface area contributed by atoms with Crippen LogP contribution in [0.3, 0.4) is 0 Å². The van der Waals surface area contributed by atoms with Crippen LogP contribution in [0.5, 0.6) is 0 Å². The minimum absolute atomic E-state index is 0.632. The van der Waals surface area contributed by atoms with Gasteiger partial charge in [-0.3, -0.25) is 0 Å². The second kappa shape index (κ2) is 5.70. The normalized spacial score (nSPS) is 21.3. The third kappa shape index (κ3) is 2.87. The van der Waals surface area contributed by atoms with Crippen molar-refractivity contribution in [3.05, 3.63) is 65.2 Å². The molecule has 0 aliphatic heterocycles. The van der Waals surface area contributed by atoms with Gasteiger partial charge in [-0.15, -0.1) is 0 Å². The predicted molar refractivity (Wildman–Crippen MR) is 86.4 cm³/mol.